The van der Waals surface area contributed by atoms with Gasteiger partial charge >= 0.3 is 0 Å². The quantitative estimate of drug-likeness (QED) is 0.850. The highest BCUT2D eigenvalue weighted by Gasteiger charge is 2.30. The lowest BCUT2D eigenvalue weighted by atomic mass is 10.3. The molecule has 0 bridgehead atoms. The number of hydrogen-bond acceptors (Lipinski definition) is 4. The molecule has 4 nitrogen and oxygen atoms in total. The Bertz CT molecular complexity index is 482. The van der Waals surface area contributed by atoms with Crippen LogP contribution in [0.1, 0.15) is 5.56 Å². The van der Waals surface area contributed by atoms with Crippen molar-refractivity contribution in [2.24, 2.45) is 5.73 Å². The highest BCUT2D eigenvalue weighted by molar-refractivity contribution is 9.11. The van der Waals surface area contributed by atoms with Crippen molar-refractivity contribution in [3.8, 4) is 0 Å². The van der Waals surface area contributed by atoms with Crippen LogP contribution in [0.2, 0.25) is 0 Å². The average Bonchev–Trinajstić information content (AvgIpc) is 2.58. The fraction of sp³-hybridized carbons (Fsp3) is 0.500. The van der Waals surface area contributed by atoms with Crippen LogP contribution in [-0.2, 0) is 10.0 Å². The summed E-state index contributed by atoms with van der Waals surface area (Å²) in [5.41, 5.74) is 5.55. The van der Waals surface area contributed by atoms with Crippen molar-refractivity contribution in [2.75, 3.05) is 13.1 Å². The van der Waals surface area contributed by atoms with Gasteiger partial charge in [0.15, 0.2) is 0 Å². The maximum atomic E-state index is 12.8. The Balaban J connectivity index is 2.83. The molecule has 1 rings (SSSR count). The van der Waals surface area contributed by atoms with Crippen LogP contribution < -0.4 is 10.5 Å². The number of rotatable bonds is 5. The van der Waals surface area contributed by atoms with Crippen LogP contribution in [0.3, 0.4) is 0 Å². The summed E-state index contributed by atoms with van der Waals surface area (Å²) >= 11 is 4.14. The Hall–Kier alpha value is -0.0900. The van der Waals surface area contributed by atoms with Crippen LogP contribution in [0.25, 0.3) is 0 Å². The van der Waals surface area contributed by atoms with Gasteiger partial charge in [-0.3, -0.25) is 0 Å². The lowest BCUT2D eigenvalue weighted by Crippen LogP contribution is -2.41. The Morgan fingerprint density at radius 1 is 1.59 bits per heavy atom. The summed E-state index contributed by atoms with van der Waals surface area (Å²) in [6, 6.07) is 1.41. The molecule has 3 N–H and O–H groups in total. The van der Waals surface area contributed by atoms with Gasteiger partial charge in [-0.25, -0.2) is 21.9 Å². The minimum atomic E-state index is -3.90. The predicted octanol–water partition coefficient (Wildman–Crippen LogP) is 1.69. The third-order valence-electron chi connectivity index (χ3n) is 1.92. The van der Waals surface area contributed by atoms with E-state index >= 15 is 0 Å². The van der Waals surface area contributed by atoms with Gasteiger partial charge in [-0.2, -0.15) is 0 Å². The number of hydrogen-bond donors (Lipinski definition) is 2. The summed E-state index contributed by atoms with van der Waals surface area (Å²) in [4.78, 5) is 0. The molecule has 0 spiro atoms. The van der Waals surface area contributed by atoms with Crippen molar-refractivity contribution < 1.29 is 17.2 Å². The fourth-order valence-corrected chi connectivity index (χ4v) is 4.24. The van der Waals surface area contributed by atoms with Crippen molar-refractivity contribution in [2.45, 2.75) is 17.1 Å². The van der Waals surface area contributed by atoms with Crippen LogP contribution in [0.4, 0.5) is 8.78 Å². The second-order valence-corrected chi connectivity index (χ2v) is 7.77. The zero-order valence-electron chi connectivity index (χ0n) is 8.84. The number of nitrogens with two attached hydrogens (primary N) is 1. The van der Waals surface area contributed by atoms with Gasteiger partial charge in [0, 0.05) is 0 Å². The molecule has 0 fully saturated rings. The van der Waals surface area contributed by atoms with Crippen molar-refractivity contribution in [3.05, 3.63) is 15.4 Å². The number of halogens is 3. The van der Waals surface area contributed by atoms with Crippen LogP contribution in [0.5, 0.6) is 0 Å². The van der Waals surface area contributed by atoms with E-state index in [0.717, 1.165) is 16.9 Å². The van der Waals surface area contributed by atoms with E-state index in [1.807, 2.05) is 4.72 Å². The first-order valence-corrected chi connectivity index (χ1v) is 7.61. The summed E-state index contributed by atoms with van der Waals surface area (Å²) < 4.78 is 51.5. The second kappa shape index (κ2) is 5.27. The van der Waals surface area contributed by atoms with Gasteiger partial charge in [0.2, 0.25) is 10.0 Å². The lowest BCUT2D eigenvalue weighted by molar-refractivity contribution is 0.0170. The normalized spacial score (nSPS) is 13.0. The maximum Gasteiger partial charge on any atom is 0.273 e. The first kappa shape index (κ1) is 15.0. The summed E-state index contributed by atoms with van der Waals surface area (Å²) in [6.45, 7) is -0.183. The summed E-state index contributed by atoms with van der Waals surface area (Å²) in [5.74, 6) is -3.24. The van der Waals surface area contributed by atoms with Gasteiger partial charge in [-0.15, -0.1) is 11.3 Å². The van der Waals surface area contributed by atoms with Crippen LogP contribution in [-0.4, -0.2) is 27.4 Å². The van der Waals surface area contributed by atoms with Gasteiger partial charge < -0.3 is 5.73 Å². The predicted molar refractivity (Wildman–Crippen MR) is 65.9 cm³/mol. The summed E-state index contributed by atoms with van der Waals surface area (Å²) in [7, 11) is -3.90. The first-order valence-electron chi connectivity index (χ1n) is 4.51. The smallest absolute Gasteiger partial charge is 0.273 e. The van der Waals surface area contributed by atoms with Crippen molar-refractivity contribution in [1.29, 1.82) is 0 Å². The topological polar surface area (TPSA) is 72.2 Å². The number of alkyl halides is 2. The van der Waals surface area contributed by atoms with Crippen LogP contribution in [0.15, 0.2) is 14.1 Å². The molecule has 0 aliphatic rings. The van der Waals surface area contributed by atoms with E-state index in [-0.39, 0.29) is 4.21 Å². The molecule has 0 aliphatic heterocycles. The van der Waals surface area contributed by atoms with E-state index < -0.39 is 29.0 Å². The third-order valence-corrected chi connectivity index (χ3v) is 5.93. The van der Waals surface area contributed by atoms with Crippen molar-refractivity contribution in [3.63, 3.8) is 0 Å². The van der Waals surface area contributed by atoms with E-state index in [9.17, 15) is 17.2 Å². The zero-order valence-corrected chi connectivity index (χ0v) is 12.1. The Morgan fingerprint density at radius 3 is 2.59 bits per heavy atom. The summed E-state index contributed by atoms with van der Waals surface area (Å²) in [6.07, 6.45) is 0. The third kappa shape index (κ3) is 3.95. The molecule has 9 heteroatoms. The summed E-state index contributed by atoms with van der Waals surface area (Å²) in [5, 5.41) is 0. The number of thiophene rings is 1. The molecule has 17 heavy (non-hydrogen) atoms. The van der Waals surface area contributed by atoms with E-state index in [0.29, 0.717) is 3.79 Å². The zero-order chi connectivity index (χ0) is 13.3. The van der Waals surface area contributed by atoms with Crippen molar-refractivity contribution in [1.82, 2.24) is 4.72 Å². The molecule has 98 valence electrons. The van der Waals surface area contributed by atoms with Gasteiger partial charge in [0.25, 0.3) is 5.92 Å². The molecular weight excluding hydrogens is 338 g/mol. The molecular formula is C8H11BrF2N2O2S2. The average molecular weight is 349 g/mol. The van der Waals surface area contributed by atoms with E-state index in [1.54, 1.807) is 6.92 Å². The highest BCUT2D eigenvalue weighted by Crippen LogP contribution is 2.30. The van der Waals surface area contributed by atoms with Crippen LogP contribution >= 0.6 is 27.3 Å². The largest absolute Gasteiger partial charge is 0.325 e. The van der Waals surface area contributed by atoms with E-state index in [1.165, 1.54) is 6.07 Å². The monoisotopic (exact) mass is 348 g/mol. The second-order valence-electron chi connectivity index (χ2n) is 3.41. The van der Waals surface area contributed by atoms with Gasteiger partial charge in [0.1, 0.15) is 4.21 Å². The molecule has 0 saturated carbocycles. The minimum Gasteiger partial charge on any atom is -0.325 e. The Labute approximate surface area is 110 Å². The molecule has 0 amide bonds. The SMILES string of the molecule is Cc1cc(S(=O)(=O)NCC(F)(F)CN)sc1Br. The standard InChI is InChI=1S/C8H11BrF2N2O2S2/c1-5-2-6(16-7(5)9)17(14,15)13-4-8(10,11)3-12/h2,13H,3-4,12H2,1H3. The van der Waals surface area contributed by atoms with E-state index in [2.05, 4.69) is 15.9 Å². The van der Waals surface area contributed by atoms with Gasteiger partial charge in [0.05, 0.1) is 16.9 Å². The molecule has 1 heterocycles. The maximum absolute atomic E-state index is 12.8. The molecule has 0 radical (unpaired) electrons. The Kier molecular flexibility index (Phi) is 4.64. The molecule has 0 aliphatic carbocycles. The number of aryl methyl sites for hydroxylation is 1. The lowest BCUT2D eigenvalue weighted by Gasteiger charge is -2.13. The number of nitrogens with one attached hydrogen (secondary N) is 1. The molecule has 0 aromatic carbocycles. The van der Waals surface area contributed by atoms with Crippen LogP contribution in [0, 0.1) is 6.92 Å². The Morgan fingerprint density at radius 2 is 2.18 bits per heavy atom. The molecule has 1 aromatic heterocycles. The van der Waals surface area contributed by atoms with Gasteiger partial charge in [-0.05, 0) is 34.5 Å². The van der Waals surface area contributed by atoms with Gasteiger partial charge in [-0.1, -0.05) is 0 Å². The molecule has 0 saturated heterocycles. The first-order chi connectivity index (χ1) is 7.68. The molecule has 0 atom stereocenters. The highest BCUT2D eigenvalue weighted by atomic mass is 79.9. The molecule has 1 aromatic rings. The molecule has 0 unspecified atom stereocenters. The van der Waals surface area contributed by atoms with E-state index in [4.69, 9.17) is 5.73 Å². The van der Waals surface area contributed by atoms with Crippen molar-refractivity contribution >= 4 is 37.3 Å². The fourth-order valence-electron chi connectivity index (χ4n) is 0.908. The minimum absolute atomic E-state index is 0.00491. The number of sulfonamides is 1.